The van der Waals surface area contributed by atoms with Gasteiger partial charge in [0.1, 0.15) is 0 Å². The second-order valence-electron chi connectivity index (χ2n) is 3.87. The Kier molecular flexibility index (Phi) is 2.38. The van der Waals surface area contributed by atoms with Crippen LogP contribution in [0, 0.1) is 5.41 Å². The van der Waals surface area contributed by atoms with Gasteiger partial charge in [0.25, 0.3) is 0 Å². The molecule has 0 bridgehead atoms. The SMILES string of the molecule is C=C(C(C)NCC)C1(C)CC1. The molecule has 0 heterocycles. The Morgan fingerprint density at radius 1 is 1.64 bits per heavy atom. The van der Waals surface area contributed by atoms with Gasteiger partial charge in [-0.25, -0.2) is 0 Å². The van der Waals surface area contributed by atoms with E-state index in [1.54, 1.807) is 0 Å². The van der Waals surface area contributed by atoms with Gasteiger partial charge in [0.15, 0.2) is 0 Å². The quantitative estimate of drug-likeness (QED) is 0.611. The highest BCUT2D eigenvalue weighted by atomic mass is 14.9. The van der Waals surface area contributed by atoms with Crippen LogP contribution in [0.4, 0.5) is 0 Å². The highest BCUT2D eigenvalue weighted by Gasteiger charge is 2.41. The Labute approximate surface area is 69.9 Å². The first-order valence-electron chi connectivity index (χ1n) is 4.53. The van der Waals surface area contributed by atoms with E-state index in [0.29, 0.717) is 11.5 Å². The molecule has 1 aliphatic carbocycles. The second kappa shape index (κ2) is 2.98. The van der Waals surface area contributed by atoms with Crippen LogP contribution in [0.3, 0.4) is 0 Å². The van der Waals surface area contributed by atoms with Gasteiger partial charge in [-0.1, -0.05) is 26.0 Å². The smallest absolute Gasteiger partial charge is 0.0253 e. The zero-order chi connectivity index (χ0) is 8.48. The molecule has 0 aliphatic heterocycles. The summed E-state index contributed by atoms with van der Waals surface area (Å²) in [6, 6.07) is 0.493. The largest absolute Gasteiger partial charge is 0.311 e. The molecule has 0 aromatic carbocycles. The first-order chi connectivity index (χ1) is 5.10. The Bertz CT molecular complexity index is 156. The minimum atomic E-state index is 0.474. The van der Waals surface area contributed by atoms with Gasteiger partial charge in [-0.15, -0.1) is 0 Å². The average molecular weight is 153 g/mol. The molecule has 1 nitrogen and oxygen atoms in total. The molecule has 1 atom stereocenters. The highest BCUT2D eigenvalue weighted by molar-refractivity contribution is 5.21. The Hall–Kier alpha value is -0.300. The third-order valence-electron chi connectivity index (χ3n) is 2.81. The van der Waals surface area contributed by atoms with E-state index in [1.807, 2.05) is 0 Å². The van der Waals surface area contributed by atoms with Crippen LogP contribution >= 0.6 is 0 Å². The fourth-order valence-corrected chi connectivity index (χ4v) is 1.46. The lowest BCUT2D eigenvalue weighted by molar-refractivity contribution is 0.543. The fraction of sp³-hybridized carbons (Fsp3) is 0.800. The van der Waals surface area contributed by atoms with Crippen molar-refractivity contribution in [3.8, 4) is 0 Å². The minimum Gasteiger partial charge on any atom is -0.311 e. The zero-order valence-electron chi connectivity index (χ0n) is 7.91. The highest BCUT2D eigenvalue weighted by Crippen LogP contribution is 2.51. The molecule has 64 valence electrons. The third-order valence-corrected chi connectivity index (χ3v) is 2.81. The van der Waals surface area contributed by atoms with Gasteiger partial charge in [-0.05, 0) is 31.7 Å². The van der Waals surface area contributed by atoms with Crippen molar-refractivity contribution in [1.29, 1.82) is 0 Å². The lowest BCUT2D eigenvalue weighted by atomic mass is 9.94. The molecule has 0 spiro atoms. The number of nitrogens with one attached hydrogen (secondary N) is 1. The summed E-state index contributed by atoms with van der Waals surface area (Å²) in [7, 11) is 0. The van der Waals surface area contributed by atoms with Crippen LogP contribution in [0.1, 0.15) is 33.6 Å². The van der Waals surface area contributed by atoms with Gasteiger partial charge in [0.2, 0.25) is 0 Å². The van der Waals surface area contributed by atoms with Crippen molar-refractivity contribution < 1.29 is 0 Å². The summed E-state index contributed by atoms with van der Waals surface area (Å²) >= 11 is 0. The molecule has 11 heavy (non-hydrogen) atoms. The number of hydrogen-bond acceptors (Lipinski definition) is 1. The zero-order valence-corrected chi connectivity index (χ0v) is 7.91. The monoisotopic (exact) mass is 153 g/mol. The molecule has 0 aromatic heterocycles. The van der Waals surface area contributed by atoms with E-state index in [-0.39, 0.29) is 0 Å². The number of rotatable bonds is 4. The summed E-state index contributed by atoms with van der Waals surface area (Å²) in [5.41, 5.74) is 1.86. The van der Waals surface area contributed by atoms with E-state index in [4.69, 9.17) is 0 Å². The molecule has 1 fully saturated rings. The third kappa shape index (κ3) is 1.84. The summed E-state index contributed by atoms with van der Waals surface area (Å²) in [6.45, 7) is 11.8. The van der Waals surface area contributed by atoms with Crippen LogP contribution < -0.4 is 5.32 Å². The number of hydrogen-bond donors (Lipinski definition) is 1. The normalized spacial score (nSPS) is 22.8. The molecule has 0 aromatic rings. The van der Waals surface area contributed by atoms with Crippen LogP contribution in [-0.2, 0) is 0 Å². The molecule has 1 heteroatoms. The summed E-state index contributed by atoms with van der Waals surface area (Å²) in [5.74, 6) is 0. The van der Waals surface area contributed by atoms with Crippen LogP contribution in [0.15, 0.2) is 12.2 Å². The van der Waals surface area contributed by atoms with Gasteiger partial charge in [0, 0.05) is 6.04 Å². The first-order valence-corrected chi connectivity index (χ1v) is 4.53. The summed E-state index contributed by atoms with van der Waals surface area (Å²) in [5, 5.41) is 3.39. The molecule has 0 amide bonds. The van der Waals surface area contributed by atoms with E-state index < -0.39 is 0 Å². The van der Waals surface area contributed by atoms with Crippen molar-refractivity contribution in [3.05, 3.63) is 12.2 Å². The average Bonchev–Trinajstić information content (AvgIpc) is 2.68. The van der Waals surface area contributed by atoms with E-state index >= 15 is 0 Å². The molecule has 1 unspecified atom stereocenters. The Morgan fingerprint density at radius 2 is 2.18 bits per heavy atom. The van der Waals surface area contributed by atoms with Gasteiger partial charge < -0.3 is 5.32 Å². The van der Waals surface area contributed by atoms with Crippen molar-refractivity contribution in [2.45, 2.75) is 39.7 Å². The Morgan fingerprint density at radius 3 is 2.55 bits per heavy atom. The van der Waals surface area contributed by atoms with Crippen molar-refractivity contribution in [2.24, 2.45) is 5.41 Å². The topological polar surface area (TPSA) is 12.0 Å². The van der Waals surface area contributed by atoms with Gasteiger partial charge in [-0.2, -0.15) is 0 Å². The second-order valence-corrected chi connectivity index (χ2v) is 3.87. The van der Waals surface area contributed by atoms with E-state index in [1.165, 1.54) is 18.4 Å². The standard InChI is InChI=1S/C10H19N/c1-5-11-9(3)8(2)10(4)6-7-10/h9,11H,2,5-7H2,1,3-4H3. The molecule has 1 aliphatic rings. The van der Waals surface area contributed by atoms with Crippen LogP contribution in [-0.4, -0.2) is 12.6 Å². The van der Waals surface area contributed by atoms with Crippen molar-refractivity contribution in [3.63, 3.8) is 0 Å². The van der Waals surface area contributed by atoms with Crippen molar-refractivity contribution in [2.75, 3.05) is 6.54 Å². The lowest BCUT2D eigenvalue weighted by Gasteiger charge is -2.20. The molecule has 0 saturated heterocycles. The maximum atomic E-state index is 4.14. The lowest BCUT2D eigenvalue weighted by Crippen LogP contribution is -2.30. The minimum absolute atomic E-state index is 0.474. The fourth-order valence-electron chi connectivity index (χ4n) is 1.46. The van der Waals surface area contributed by atoms with Gasteiger partial charge in [0.05, 0.1) is 0 Å². The van der Waals surface area contributed by atoms with Crippen LogP contribution in [0.25, 0.3) is 0 Å². The molecule has 1 rings (SSSR count). The summed E-state index contributed by atoms with van der Waals surface area (Å²) in [4.78, 5) is 0. The summed E-state index contributed by atoms with van der Waals surface area (Å²) in [6.07, 6.45) is 2.67. The first kappa shape index (κ1) is 8.79. The van der Waals surface area contributed by atoms with Crippen LogP contribution in [0.5, 0.6) is 0 Å². The van der Waals surface area contributed by atoms with E-state index in [2.05, 4.69) is 32.7 Å². The maximum absolute atomic E-state index is 4.14. The van der Waals surface area contributed by atoms with E-state index in [9.17, 15) is 0 Å². The Balaban J connectivity index is 2.40. The van der Waals surface area contributed by atoms with Gasteiger partial charge in [-0.3, -0.25) is 0 Å². The van der Waals surface area contributed by atoms with Crippen molar-refractivity contribution in [1.82, 2.24) is 5.32 Å². The van der Waals surface area contributed by atoms with Crippen LogP contribution in [0.2, 0.25) is 0 Å². The maximum Gasteiger partial charge on any atom is 0.0253 e. The molecule has 1 N–H and O–H groups in total. The van der Waals surface area contributed by atoms with E-state index in [0.717, 1.165) is 6.54 Å². The molecule has 0 radical (unpaired) electrons. The molecular weight excluding hydrogens is 134 g/mol. The predicted molar refractivity (Wildman–Crippen MR) is 49.6 cm³/mol. The predicted octanol–water partition coefficient (Wildman–Crippen LogP) is 2.34. The molecular formula is C10H19N. The summed E-state index contributed by atoms with van der Waals surface area (Å²) < 4.78 is 0. The van der Waals surface area contributed by atoms with Gasteiger partial charge >= 0.3 is 0 Å². The number of likely N-dealkylation sites (N-methyl/N-ethyl adjacent to an activating group) is 1. The van der Waals surface area contributed by atoms with Crippen molar-refractivity contribution >= 4 is 0 Å². The molecule has 1 saturated carbocycles.